The van der Waals surface area contributed by atoms with Gasteiger partial charge >= 0.3 is 0 Å². The second kappa shape index (κ2) is 4.84. The van der Waals surface area contributed by atoms with Crippen molar-refractivity contribution < 1.29 is 9.47 Å². The lowest BCUT2D eigenvalue weighted by Crippen LogP contribution is -2.34. The standard InChI is InChI=1S/C11H15NO2.ClH/c1-11(12-7-8-14-11)9-3-5-10(13-2)6-4-9;/h3-6,12H,7-8H2,1-2H3;1H. The largest absolute Gasteiger partial charge is 0.497 e. The summed E-state index contributed by atoms with van der Waals surface area (Å²) in [5, 5.41) is 3.32. The first-order valence-electron chi connectivity index (χ1n) is 4.78. The number of nitrogens with one attached hydrogen (secondary N) is 1. The van der Waals surface area contributed by atoms with Gasteiger partial charge in [0.15, 0.2) is 0 Å². The van der Waals surface area contributed by atoms with Gasteiger partial charge in [-0.15, -0.1) is 12.4 Å². The van der Waals surface area contributed by atoms with E-state index in [1.165, 1.54) is 0 Å². The zero-order chi connectivity index (χ0) is 10.0. The molecule has 1 aliphatic rings. The lowest BCUT2D eigenvalue weighted by molar-refractivity contribution is 0.00245. The Kier molecular flexibility index (Phi) is 3.97. The van der Waals surface area contributed by atoms with Crippen molar-refractivity contribution in [2.45, 2.75) is 12.6 Å². The fraction of sp³-hybridized carbons (Fsp3) is 0.455. The van der Waals surface area contributed by atoms with Crippen LogP contribution in [0.1, 0.15) is 12.5 Å². The van der Waals surface area contributed by atoms with Crippen LogP contribution in [0.15, 0.2) is 24.3 Å². The molecule has 1 aromatic rings. The predicted molar refractivity (Wildman–Crippen MR) is 61.5 cm³/mol. The minimum Gasteiger partial charge on any atom is -0.497 e. The summed E-state index contributed by atoms with van der Waals surface area (Å²) >= 11 is 0. The lowest BCUT2D eigenvalue weighted by Gasteiger charge is -2.24. The minimum absolute atomic E-state index is 0. The van der Waals surface area contributed by atoms with Gasteiger partial charge in [0.05, 0.1) is 13.7 Å². The molecule has 1 fully saturated rings. The second-order valence-electron chi connectivity index (χ2n) is 3.54. The van der Waals surface area contributed by atoms with Gasteiger partial charge in [-0.2, -0.15) is 0 Å². The third kappa shape index (κ3) is 2.43. The SMILES string of the molecule is COc1ccc(C2(C)NCCO2)cc1.Cl. The van der Waals surface area contributed by atoms with E-state index in [-0.39, 0.29) is 18.1 Å². The van der Waals surface area contributed by atoms with Crippen LogP contribution in [0.2, 0.25) is 0 Å². The number of halogens is 1. The van der Waals surface area contributed by atoms with Gasteiger partial charge in [-0.3, -0.25) is 5.32 Å². The van der Waals surface area contributed by atoms with Gasteiger partial charge in [0.25, 0.3) is 0 Å². The van der Waals surface area contributed by atoms with Gasteiger partial charge in [0.1, 0.15) is 11.5 Å². The summed E-state index contributed by atoms with van der Waals surface area (Å²) in [7, 11) is 1.67. The van der Waals surface area contributed by atoms with Crippen LogP contribution in [0, 0.1) is 0 Å². The number of hydrogen-bond acceptors (Lipinski definition) is 3. The minimum atomic E-state index is -0.327. The highest BCUT2D eigenvalue weighted by atomic mass is 35.5. The molecule has 0 aromatic heterocycles. The monoisotopic (exact) mass is 229 g/mol. The van der Waals surface area contributed by atoms with E-state index in [1.54, 1.807) is 7.11 Å². The number of methoxy groups -OCH3 is 1. The van der Waals surface area contributed by atoms with Crippen molar-refractivity contribution in [1.29, 1.82) is 0 Å². The molecule has 3 nitrogen and oxygen atoms in total. The van der Waals surface area contributed by atoms with Crippen molar-refractivity contribution in [3.05, 3.63) is 29.8 Å². The molecule has 0 radical (unpaired) electrons. The summed E-state index contributed by atoms with van der Waals surface area (Å²) in [6.45, 7) is 3.72. The highest BCUT2D eigenvalue weighted by molar-refractivity contribution is 5.85. The van der Waals surface area contributed by atoms with Gasteiger partial charge < -0.3 is 9.47 Å². The van der Waals surface area contributed by atoms with Gasteiger partial charge in [-0.05, 0) is 24.6 Å². The summed E-state index contributed by atoms with van der Waals surface area (Å²) in [6.07, 6.45) is 0. The van der Waals surface area contributed by atoms with E-state index >= 15 is 0 Å². The highest BCUT2D eigenvalue weighted by Gasteiger charge is 2.30. The molecule has 4 heteroatoms. The molecule has 1 heterocycles. The van der Waals surface area contributed by atoms with E-state index in [0.29, 0.717) is 0 Å². The Labute approximate surface area is 96.2 Å². The van der Waals surface area contributed by atoms with E-state index in [9.17, 15) is 0 Å². The molecule has 1 saturated heterocycles. The Balaban J connectivity index is 0.00000112. The van der Waals surface area contributed by atoms with Gasteiger partial charge in [-0.25, -0.2) is 0 Å². The van der Waals surface area contributed by atoms with Crippen LogP contribution in [-0.2, 0) is 10.5 Å². The smallest absolute Gasteiger partial charge is 0.142 e. The molecule has 0 saturated carbocycles. The third-order valence-electron chi connectivity index (χ3n) is 2.60. The Hall–Kier alpha value is -0.770. The summed E-state index contributed by atoms with van der Waals surface area (Å²) in [5.41, 5.74) is 0.808. The van der Waals surface area contributed by atoms with Crippen molar-refractivity contribution in [3.63, 3.8) is 0 Å². The molecule has 0 amide bonds. The molecule has 0 aliphatic carbocycles. The normalized spacial score (nSPS) is 24.7. The molecule has 15 heavy (non-hydrogen) atoms. The van der Waals surface area contributed by atoms with Crippen molar-refractivity contribution in [2.75, 3.05) is 20.3 Å². The topological polar surface area (TPSA) is 30.5 Å². The molecule has 84 valence electrons. The molecule has 0 bridgehead atoms. The number of benzene rings is 1. The lowest BCUT2D eigenvalue weighted by atomic mass is 10.1. The van der Waals surface area contributed by atoms with E-state index in [2.05, 4.69) is 5.32 Å². The summed E-state index contributed by atoms with van der Waals surface area (Å²) < 4.78 is 10.8. The Bertz CT molecular complexity index is 307. The molecule has 1 aliphatic heterocycles. The molecule has 0 spiro atoms. The predicted octanol–water partition coefficient (Wildman–Crippen LogP) is 1.91. The molecule has 2 rings (SSSR count). The third-order valence-corrected chi connectivity index (χ3v) is 2.60. The molecule has 1 N–H and O–H groups in total. The number of ether oxygens (including phenoxy) is 2. The maximum absolute atomic E-state index is 5.65. The van der Waals surface area contributed by atoms with Crippen molar-refractivity contribution in [1.82, 2.24) is 5.32 Å². The maximum Gasteiger partial charge on any atom is 0.142 e. The zero-order valence-electron chi connectivity index (χ0n) is 8.95. The van der Waals surface area contributed by atoms with Crippen molar-refractivity contribution >= 4 is 12.4 Å². The molecular formula is C11H16ClNO2. The van der Waals surface area contributed by atoms with Gasteiger partial charge in [0.2, 0.25) is 0 Å². The Morgan fingerprint density at radius 2 is 2.00 bits per heavy atom. The van der Waals surface area contributed by atoms with Crippen LogP contribution < -0.4 is 10.1 Å². The van der Waals surface area contributed by atoms with Crippen LogP contribution >= 0.6 is 12.4 Å². The number of rotatable bonds is 2. The fourth-order valence-corrected chi connectivity index (χ4v) is 1.69. The van der Waals surface area contributed by atoms with Crippen LogP contribution in [0.5, 0.6) is 5.75 Å². The first-order valence-corrected chi connectivity index (χ1v) is 4.78. The first-order chi connectivity index (χ1) is 6.74. The molecule has 1 unspecified atom stereocenters. The van der Waals surface area contributed by atoms with E-state index < -0.39 is 0 Å². The average molecular weight is 230 g/mol. The van der Waals surface area contributed by atoms with Crippen molar-refractivity contribution in [2.24, 2.45) is 0 Å². The fourth-order valence-electron chi connectivity index (χ4n) is 1.69. The van der Waals surface area contributed by atoms with E-state index in [0.717, 1.165) is 24.5 Å². The van der Waals surface area contributed by atoms with Crippen LogP contribution in [0.25, 0.3) is 0 Å². The highest BCUT2D eigenvalue weighted by Crippen LogP contribution is 2.26. The van der Waals surface area contributed by atoms with Crippen molar-refractivity contribution in [3.8, 4) is 5.75 Å². The average Bonchev–Trinajstić information content (AvgIpc) is 2.67. The second-order valence-corrected chi connectivity index (χ2v) is 3.54. The molecule has 1 atom stereocenters. The van der Waals surface area contributed by atoms with Crippen LogP contribution in [0.3, 0.4) is 0 Å². The maximum atomic E-state index is 5.65. The van der Waals surface area contributed by atoms with Gasteiger partial charge in [-0.1, -0.05) is 12.1 Å². The number of hydrogen-bond donors (Lipinski definition) is 1. The van der Waals surface area contributed by atoms with Crippen LogP contribution in [0.4, 0.5) is 0 Å². The summed E-state index contributed by atoms with van der Waals surface area (Å²) in [6, 6.07) is 7.95. The van der Waals surface area contributed by atoms with Gasteiger partial charge in [0, 0.05) is 6.54 Å². The Morgan fingerprint density at radius 1 is 1.33 bits per heavy atom. The molecular weight excluding hydrogens is 214 g/mol. The first kappa shape index (κ1) is 12.3. The van der Waals surface area contributed by atoms with Crippen LogP contribution in [-0.4, -0.2) is 20.3 Å². The summed E-state index contributed by atoms with van der Waals surface area (Å²) in [4.78, 5) is 0. The van der Waals surface area contributed by atoms with E-state index in [1.807, 2.05) is 31.2 Å². The zero-order valence-corrected chi connectivity index (χ0v) is 9.76. The molecule has 1 aromatic carbocycles. The summed E-state index contributed by atoms with van der Waals surface area (Å²) in [5.74, 6) is 0.871. The van der Waals surface area contributed by atoms with E-state index in [4.69, 9.17) is 9.47 Å². The quantitative estimate of drug-likeness (QED) is 0.841. The Morgan fingerprint density at radius 3 is 2.47 bits per heavy atom.